The van der Waals surface area contributed by atoms with Gasteiger partial charge in [-0.05, 0) is 33.6 Å². The molecule has 1 amide bonds. The molecule has 18 heavy (non-hydrogen) atoms. The maximum atomic E-state index is 11.9. The fourth-order valence-corrected chi connectivity index (χ4v) is 2.01. The minimum absolute atomic E-state index is 0.212. The van der Waals surface area contributed by atoms with E-state index < -0.39 is 5.60 Å². The van der Waals surface area contributed by atoms with Crippen molar-refractivity contribution in [3.8, 4) is 0 Å². The van der Waals surface area contributed by atoms with Gasteiger partial charge in [0.15, 0.2) is 0 Å². The molecule has 0 saturated carbocycles. The molecular formula is C14H25NO3. The molecule has 1 aliphatic heterocycles. The first-order valence-corrected chi connectivity index (χ1v) is 6.59. The molecule has 0 aromatic carbocycles. The number of hydrogen-bond acceptors (Lipinski definition) is 3. The monoisotopic (exact) mass is 255 g/mol. The number of ether oxygens (including phenoxy) is 2. The molecule has 1 aliphatic rings. The van der Waals surface area contributed by atoms with E-state index in [2.05, 4.69) is 6.58 Å². The van der Waals surface area contributed by atoms with Gasteiger partial charge in [-0.2, -0.15) is 0 Å². The maximum absolute atomic E-state index is 11.9. The Bertz CT molecular complexity index is 283. The molecule has 0 aliphatic carbocycles. The summed E-state index contributed by atoms with van der Waals surface area (Å²) in [5.74, 6) is 0.409. The Morgan fingerprint density at radius 3 is 2.83 bits per heavy atom. The van der Waals surface area contributed by atoms with Crippen molar-refractivity contribution >= 4 is 6.09 Å². The zero-order valence-electron chi connectivity index (χ0n) is 11.8. The Hall–Kier alpha value is -1.03. The SMILES string of the molecule is C=CCOCC1CCCN(C(=O)OC(C)(C)C)C1. The van der Waals surface area contributed by atoms with E-state index >= 15 is 0 Å². The zero-order valence-corrected chi connectivity index (χ0v) is 11.8. The fraction of sp³-hybridized carbons (Fsp3) is 0.786. The van der Waals surface area contributed by atoms with Gasteiger partial charge < -0.3 is 14.4 Å². The summed E-state index contributed by atoms with van der Waals surface area (Å²) in [5.41, 5.74) is -0.427. The highest BCUT2D eigenvalue weighted by molar-refractivity contribution is 5.68. The van der Waals surface area contributed by atoms with Crippen molar-refractivity contribution < 1.29 is 14.3 Å². The smallest absolute Gasteiger partial charge is 0.410 e. The van der Waals surface area contributed by atoms with E-state index in [9.17, 15) is 4.79 Å². The van der Waals surface area contributed by atoms with Gasteiger partial charge in [-0.3, -0.25) is 0 Å². The van der Waals surface area contributed by atoms with Crippen molar-refractivity contribution in [2.75, 3.05) is 26.3 Å². The molecule has 1 rings (SSSR count). The highest BCUT2D eigenvalue weighted by atomic mass is 16.6. The van der Waals surface area contributed by atoms with Crippen LogP contribution in [0.15, 0.2) is 12.7 Å². The molecule has 1 saturated heterocycles. The van der Waals surface area contributed by atoms with Gasteiger partial charge in [0.05, 0.1) is 13.2 Å². The molecule has 1 unspecified atom stereocenters. The second-order valence-corrected chi connectivity index (χ2v) is 5.76. The number of likely N-dealkylation sites (tertiary alicyclic amines) is 1. The summed E-state index contributed by atoms with van der Waals surface area (Å²) in [7, 11) is 0. The summed E-state index contributed by atoms with van der Waals surface area (Å²) in [6, 6.07) is 0. The summed E-state index contributed by atoms with van der Waals surface area (Å²) >= 11 is 0. The highest BCUT2D eigenvalue weighted by Crippen LogP contribution is 2.19. The van der Waals surface area contributed by atoms with Crippen molar-refractivity contribution in [2.24, 2.45) is 5.92 Å². The molecule has 104 valence electrons. The predicted octanol–water partition coefficient (Wildman–Crippen LogP) is 2.84. The number of nitrogens with zero attached hydrogens (tertiary/aromatic N) is 1. The van der Waals surface area contributed by atoms with Gasteiger partial charge in [-0.15, -0.1) is 6.58 Å². The van der Waals surface area contributed by atoms with Gasteiger partial charge in [0.1, 0.15) is 5.60 Å². The normalized spacial score (nSPS) is 20.6. The van der Waals surface area contributed by atoms with Crippen LogP contribution in [0.4, 0.5) is 4.79 Å². The maximum Gasteiger partial charge on any atom is 0.410 e. The van der Waals surface area contributed by atoms with E-state index in [4.69, 9.17) is 9.47 Å². The third-order valence-electron chi connectivity index (χ3n) is 2.76. The lowest BCUT2D eigenvalue weighted by Crippen LogP contribution is -2.43. The van der Waals surface area contributed by atoms with Crippen LogP contribution in [0.25, 0.3) is 0 Å². The Morgan fingerprint density at radius 2 is 2.22 bits per heavy atom. The Kier molecular flexibility index (Phi) is 5.66. The first-order valence-electron chi connectivity index (χ1n) is 6.59. The predicted molar refractivity (Wildman–Crippen MR) is 71.5 cm³/mol. The fourth-order valence-electron chi connectivity index (χ4n) is 2.01. The first-order chi connectivity index (χ1) is 8.42. The van der Waals surface area contributed by atoms with Crippen LogP contribution in [-0.4, -0.2) is 42.9 Å². The van der Waals surface area contributed by atoms with Crippen LogP contribution in [0.3, 0.4) is 0 Å². The third kappa shape index (κ3) is 5.54. The molecular weight excluding hydrogens is 230 g/mol. The minimum atomic E-state index is -0.427. The van der Waals surface area contributed by atoms with Crippen LogP contribution in [0.1, 0.15) is 33.6 Å². The number of rotatable bonds is 4. The molecule has 1 fully saturated rings. The summed E-state index contributed by atoms with van der Waals surface area (Å²) in [6.45, 7) is 12.1. The van der Waals surface area contributed by atoms with Gasteiger partial charge in [-0.25, -0.2) is 4.79 Å². The van der Waals surface area contributed by atoms with E-state index in [1.165, 1.54) is 0 Å². The lowest BCUT2D eigenvalue weighted by atomic mass is 9.99. The Morgan fingerprint density at radius 1 is 1.50 bits per heavy atom. The molecule has 0 bridgehead atoms. The van der Waals surface area contributed by atoms with Gasteiger partial charge in [-0.1, -0.05) is 6.08 Å². The standard InChI is InChI=1S/C14H25NO3/c1-5-9-17-11-12-7-6-8-15(10-12)13(16)18-14(2,3)4/h5,12H,1,6-11H2,2-4H3. The molecule has 0 spiro atoms. The van der Waals surface area contributed by atoms with Crippen LogP contribution in [0.5, 0.6) is 0 Å². The Labute approximate surface area is 110 Å². The second kappa shape index (κ2) is 6.78. The number of amides is 1. The molecule has 1 heterocycles. The average molecular weight is 255 g/mol. The summed E-state index contributed by atoms with van der Waals surface area (Å²) < 4.78 is 10.8. The van der Waals surface area contributed by atoms with Gasteiger partial charge in [0, 0.05) is 19.0 Å². The number of hydrogen-bond donors (Lipinski definition) is 0. The van der Waals surface area contributed by atoms with E-state index in [1.54, 1.807) is 11.0 Å². The van der Waals surface area contributed by atoms with Crippen molar-refractivity contribution in [1.29, 1.82) is 0 Å². The highest BCUT2D eigenvalue weighted by Gasteiger charge is 2.27. The first kappa shape index (κ1) is 15.0. The van der Waals surface area contributed by atoms with Crippen LogP contribution in [0.2, 0.25) is 0 Å². The summed E-state index contributed by atoms with van der Waals surface area (Å²) in [5, 5.41) is 0. The zero-order chi connectivity index (χ0) is 13.6. The molecule has 4 heteroatoms. The lowest BCUT2D eigenvalue weighted by Gasteiger charge is -2.34. The Balaban J connectivity index is 2.38. The van der Waals surface area contributed by atoms with Crippen LogP contribution in [-0.2, 0) is 9.47 Å². The van der Waals surface area contributed by atoms with E-state index in [1.807, 2.05) is 20.8 Å². The van der Waals surface area contributed by atoms with E-state index in [0.29, 0.717) is 19.1 Å². The molecule has 0 N–H and O–H groups in total. The molecule has 0 radical (unpaired) electrons. The van der Waals surface area contributed by atoms with Crippen LogP contribution >= 0.6 is 0 Å². The second-order valence-electron chi connectivity index (χ2n) is 5.76. The summed E-state index contributed by atoms with van der Waals surface area (Å²) in [6.07, 6.45) is 3.66. The third-order valence-corrected chi connectivity index (χ3v) is 2.76. The van der Waals surface area contributed by atoms with Gasteiger partial charge in [0.25, 0.3) is 0 Å². The number of carbonyl (C=O) groups is 1. The topological polar surface area (TPSA) is 38.8 Å². The van der Waals surface area contributed by atoms with Crippen molar-refractivity contribution in [3.05, 3.63) is 12.7 Å². The largest absolute Gasteiger partial charge is 0.444 e. The van der Waals surface area contributed by atoms with Crippen molar-refractivity contribution in [3.63, 3.8) is 0 Å². The van der Waals surface area contributed by atoms with Gasteiger partial charge >= 0.3 is 6.09 Å². The molecule has 1 atom stereocenters. The average Bonchev–Trinajstić information content (AvgIpc) is 2.27. The number of piperidine rings is 1. The van der Waals surface area contributed by atoms with Crippen LogP contribution < -0.4 is 0 Å². The van der Waals surface area contributed by atoms with Crippen molar-refractivity contribution in [2.45, 2.75) is 39.2 Å². The summed E-state index contributed by atoms with van der Waals surface area (Å²) in [4.78, 5) is 13.7. The molecule has 0 aromatic heterocycles. The quantitative estimate of drug-likeness (QED) is 0.573. The number of carbonyl (C=O) groups excluding carboxylic acids is 1. The molecule has 4 nitrogen and oxygen atoms in total. The van der Waals surface area contributed by atoms with Crippen molar-refractivity contribution in [1.82, 2.24) is 4.90 Å². The minimum Gasteiger partial charge on any atom is -0.444 e. The van der Waals surface area contributed by atoms with E-state index in [0.717, 1.165) is 25.9 Å². The lowest BCUT2D eigenvalue weighted by molar-refractivity contribution is 0.00928. The van der Waals surface area contributed by atoms with Gasteiger partial charge in [0.2, 0.25) is 0 Å². The molecule has 0 aromatic rings. The van der Waals surface area contributed by atoms with Crippen LogP contribution in [0, 0.1) is 5.92 Å². The van der Waals surface area contributed by atoms with E-state index in [-0.39, 0.29) is 6.09 Å².